The molecule has 0 saturated heterocycles. The van der Waals surface area contributed by atoms with Crippen molar-refractivity contribution in [1.29, 1.82) is 0 Å². The summed E-state index contributed by atoms with van der Waals surface area (Å²) in [6.45, 7) is 4.07. The molecule has 4 rings (SSSR count). The molecule has 0 aliphatic carbocycles. The van der Waals surface area contributed by atoms with E-state index in [0.29, 0.717) is 0 Å². The van der Waals surface area contributed by atoms with Gasteiger partial charge in [0, 0.05) is 16.6 Å². The Morgan fingerprint density at radius 1 is 1.07 bits per heavy atom. The van der Waals surface area contributed by atoms with Gasteiger partial charge < -0.3 is 15.1 Å². The summed E-state index contributed by atoms with van der Waals surface area (Å²) >= 11 is 1.54. The van der Waals surface area contributed by atoms with E-state index in [1.54, 1.807) is 29.7 Å². The van der Waals surface area contributed by atoms with Crippen molar-refractivity contribution >= 4 is 28.1 Å². The molecule has 0 saturated carbocycles. The molecule has 0 spiro atoms. The highest BCUT2D eigenvalue weighted by atomic mass is 32.1. The predicted molar refractivity (Wildman–Crippen MR) is 117 cm³/mol. The van der Waals surface area contributed by atoms with Gasteiger partial charge in [-0.3, -0.25) is 4.79 Å². The number of carbonyl (C=O) groups is 1. The summed E-state index contributed by atoms with van der Waals surface area (Å²) in [4.78, 5) is 18.1. The van der Waals surface area contributed by atoms with Gasteiger partial charge in [-0.15, -0.1) is 11.3 Å². The number of aryl methyl sites for hydroxylation is 2. The molecule has 0 aliphatic rings. The first-order valence-corrected chi connectivity index (χ1v) is 10.1. The second-order valence-corrected chi connectivity index (χ2v) is 8.04. The van der Waals surface area contributed by atoms with Crippen molar-refractivity contribution < 1.29 is 9.21 Å². The second kappa shape index (κ2) is 8.32. The highest BCUT2D eigenvalue weighted by molar-refractivity contribution is 7.16. The molecule has 5 nitrogen and oxygen atoms in total. The topological polar surface area (TPSA) is 67.2 Å². The Morgan fingerprint density at radius 3 is 2.62 bits per heavy atom. The third-order valence-corrected chi connectivity index (χ3v) is 5.49. The van der Waals surface area contributed by atoms with Crippen LogP contribution < -0.4 is 10.6 Å². The molecule has 3 heterocycles. The molecule has 1 atom stereocenters. The Bertz CT molecular complexity index is 1100. The maximum atomic E-state index is 12.6. The zero-order valence-corrected chi connectivity index (χ0v) is 17.0. The molecule has 3 aromatic heterocycles. The molecule has 6 heteroatoms. The normalized spacial score (nSPS) is 11.8. The third-order valence-electron chi connectivity index (χ3n) is 4.51. The van der Waals surface area contributed by atoms with E-state index in [4.69, 9.17) is 4.42 Å². The number of carbonyl (C=O) groups excluding carboxylic acids is 1. The van der Waals surface area contributed by atoms with Gasteiger partial charge in [-0.2, -0.15) is 0 Å². The van der Waals surface area contributed by atoms with Crippen LogP contribution in [0.4, 0.5) is 10.8 Å². The van der Waals surface area contributed by atoms with E-state index in [0.717, 1.165) is 32.4 Å². The van der Waals surface area contributed by atoms with Crippen LogP contribution in [0.2, 0.25) is 0 Å². The lowest BCUT2D eigenvalue weighted by Gasteiger charge is -2.21. The monoisotopic (exact) mass is 403 g/mol. The van der Waals surface area contributed by atoms with Gasteiger partial charge in [0.05, 0.1) is 12.3 Å². The van der Waals surface area contributed by atoms with Gasteiger partial charge in [-0.05, 0) is 55.3 Å². The quantitative estimate of drug-likeness (QED) is 0.426. The predicted octanol–water partition coefficient (Wildman–Crippen LogP) is 5.81. The van der Waals surface area contributed by atoms with Crippen LogP contribution in [-0.4, -0.2) is 10.9 Å². The van der Waals surface area contributed by atoms with Crippen LogP contribution in [0.15, 0.2) is 77.5 Å². The van der Waals surface area contributed by atoms with E-state index in [1.807, 2.05) is 44.2 Å². The molecule has 2 N–H and O–H groups in total. The first kappa shape index (κ1) is 19.0. The Morgan fingerprint density at radius 2 is 1.90 bits per heavy atom. The van der Waals surface area contributed by atoms with Crippen LogP contribution in [-0.2, 0) is 0 Å². The summed E-state index contributed by atoms with van der Waals surface area (Å²) in [6, 6.07) is 19.4. The number of nitrogens with zero attached hydrogens (tertiary/aromatic N) is 1. The van der Waals surface area contributed by atoms with Gasteiger partial charge in [-0.1, -0.05) is 30.3 Å². The molecule has 1 aromatic carbocycles. The minimum absolute atomic E-state index is 0.164. The number of thiophene rings is 1. The largest absolute Gasteiger partial charge is 0.459 e. The van der Waals surface area contributed by atoms with Gasteiger partial charge >= 0.3 is 0 Å². The lowest BCUT2D eigenvalue weighted by Crippen LogP contribution is -2.16. The summed E-state index contributed by atoms with van der Waals surface area (Å²) in [5.74, 6) is 0.802. The van der Waals surface area contributed by atoms with Crippen molar-refractivity contribution in [1.82, 2.24) is 4.98 Å². The molecule has 0 unspecified atom stereocenters. The van der Waals surface area contributed by atoms with Gasteiger partial charge in [0.2, 0.25) is 0 Å². The molecule has 146 valence electrons. The first-order valence-electron chi connectivity index (χ1n) is 9.29. The van der Waals surface area contributed by atoms with E-state index >= 15 is 0 Å². The molecule has 0 bridgehead atoms. The fourth-order valence-electron chi connectivity index (χ4n) is 3.17. The molecule has 0 fully saturated rings. The number of rotatable bonds is 6. The fourth-order valence-corrected chi connectivity index (χ4v) is 4.11. The number of pyridine rings is 1. The average Bonchev–Trinajstić information content (AvgIpc) is 3.37. The van der Waals surface area contributed by atoms with Crippen LogP contribution in [0.3, 0.4) is 0 Å². The molecule has 0 radical (unpaired) electrons. The maximum absolute atomic E-state index is 12.6. The lowest BCUT2D eigenvalue weighted by molar-refractivity contribution is 0.0997. The Labute approximate surface area is 173 Å². The zero-order chi connectivity index (χ0) is 20.2. The highest BCUT2D eigenvalue weighted by Gasteiger charge is 2.22. The van der Waals surface area contributed by atoms with Crippen LogP contribution in [0.5, 0.6) is 0 Å². The number of hydrogen-bond donors (Lipinski definition) is 2. The second-order valence-electron chi connectivity index (χ2n) is 6.78. The standard InChI is InChI=1S/C23H21N3O2S/c1-15-10-11-24-20(13-15)25-21(17-7-4-3-5-8-17)18-14-16(2)29-23(18)26-22(27)19-9-6-12-28-19/h3-14,21H,1-2H3,(H,24,25)(H,26,27)/t21-/m0/s1. The smallest absolute Gasteiger partial charge is 0.291 e. The summed E-state index contributed by atoms with van der Waals surface area (Å²) in [5.41, 5.74) is 3.20. The lowest BCUT2D eigenvalue weighted by atomic mass is 10.00. The third kappa shape index (κ3) is 4.38. The molecule has 1 amide bonds. The summed E-state index contributed by atoms with van der Waals surface area (Å²) in [7, 11) is 0. The van der Waals surface area contributed by atoms with Gasteiger partial charge in [0.25, 0.3) is 5.91 Å². The zero-order valence-electron chi connectivity index (χ0n) is 16.2. The molecular formula is C23H21N3O2S. The fraction of sp³-hybridized carbons (Fsp3) is 0.130. The van der Waals surface area contributed by atoms with Crippen molar-refractivity contribution in [2.45, 2.75) is 19.9 Å². The van der Waals surface area contributed by atoms with Crippen LogP contribution in [0.1, 0.15) is 38.2 Å². The number of furan rings is 1. The van der Waals surface area contributed by atoms with E-state index in [2.05, 4.69) is 33.8 Å². The minimum Gasteiger partial charge on any atom is -0.459 e. The van der Waals surface area contributed by atoms with Crippen LogP contribution in [0.25, 0.3) is 0 Å². The van der Waals surface area contributed by atoms with Crippen LogP contribution in [0, 0.1) is 13.8 Å². The van der Waals surface area contributed by atoms with Crippen molar-refractivity contribution in [3.05, 3.63) is 100 Å². The summed E-state index contributed by atoms with van der Waals surface area (Å²) < 4.78 is 5.24. The van der Waals surface area contributed by atoms with Crippen LogP contribution >= 0.6 is 11.3 Å². The van der Waals surface area contributed by atoms with E-state index in [1.165, 1.54) is 6.26 Å². The number of nitrogens with one attached hydrogen (secondary N) is 2. The van der Waals surface area contributed by atoms with Gasteiger partial charge in [-0.25, -0.2) is 4.98 Å². The van der Waals surface area contributed by atoms with Gasteiger partial charge in [0.15, 0.2) is 5.76 Å². The summed E-state index contributed by atoms with van der Waals surface area (Å²) in [5, 5.41) is 7.33. The number of amides is 1. The van der Waals surface area contributed by atoms with Crippen molar-refractivity contribution in [3.63, 3.8) is 0 Å². The van der Waals surface area contributed by atoms with Crippen molar-refractivity contribution in [3.8, 4) is 0 Å². The van der Waals surface area contributed by atoms with Crippen molar-refractivity contribution in [2.75, 3.05) is 10.6 Å². The van der Waals surface area contributed by atoms with Gasteiger partial charge in [0.1, 0.15) is 10.8 Å². The SMILES string of the molecule is Cc1ccnc(N[C@@H](c2ccccc2)c2cc(C)sc2NC(=O)c2ccco2)c1. The van der Waals surface area contributed by atoms with Crippen molar-refractivity contribution in [2.24, 2.45) is 0 Å². The average molecular weight is 404 g/mol. The molecule has 4 aromatic rings. The van der Waals surface area contributed by atoms with E-state index < -0.39 is 0 Å². The number of hydrogen-bond acceptors (Lipinski definition) is 5. The highest BCUT2D eigenvalue weighted by Crippen LogP contribution is 2.37. The Kier molecular flexibility index (Phi) is 5.44. The summed E-state index contributed by atoms with van der Waals surface area (Å²) in [6.07, 6.45) is 3.28. The number of aromatic nitrogens is 1. The molecule has 0 aliphatic heterocycles. The molecule has 29 heavy (non-hydrogen) atoms. The Hall–Kier alpha value is -3.38. The molecular weight excluding hydrogens is 382 g/mol. The first-order chi connectivity index (χ1) is 14.1. The maximum Gasteiger partial charge on any atom is 0.291 e. The minimum atomic E-state index is -0.265. The Balaban J connectivity index is 1.72. The number of benzene rings is 1. The van der Waals surface area contributed by atoms with E-state index in [9.17, 15) is 4.79 Å². The number of anilines is 2. The van der Waals surface area contributed by atoms with E-state index in [-0.39, 0.29) is 17.7 Å².